The predicted octanol–water partition coefficient (Wildman–Crippen LogP) is 5.66. The van der Waals surface area contributed by atoms with Crippen LogP contribution in [0, 0.1) is 11.3 Å². The lowest BCUT2D eigenvalue weighted by Gasteiger charge is -2.46. The molecular weight excluding hydrogens is 556 g/mol. The molecule has 9 nitrogen and oxygen atoms in total. The lowest BCUT2D eigenvalue weighted by molar-refractivity contribution is -0.137. The number of amides is 2. The number of aliphatic imine (C=N–C) groups is 1. The quantitative estimate of drug-likeness (QED) is 0.361. The Hall–Kier alpha value is -4.27. The molecule has 5 rings (SSSR count). The minimum Gasteiger partial charge on any atom is -0.481 e. The summed E-state index contributed by atoms with van der Waals surface area (Å²) in [5.41, 5.74) is 4.02. The van der Waals surface area contributed by atoms with Gasteiger partial charge in [0.1, 0.15) is 11.4 Å². The molecule has 1 atom stereocenters. The Labute approximate surface area is 258 Å². The van der Waals surface area contributed by atoms with Crippen molar-refractivity contribution in [2.24, 2.45) is 16.3 Å². The Bertz CT molecular complexity index is 1560. The van der Waals surface area contributed by atoms with Gasteiger partial charge in [0.25, 0.3) is 11.8 Å². The number of hydrogen-bond donors (Lipinski definition) is 3. The molecule has 2 aliphatic carbocycles. The number of H-pyrrole nitrogens is 1. The number of carbonyl (C=O) groups excluding carboxylic acids is 2. The van der Waals surface area contributed by atoms with Crippen LogP contribution in [-0.2, 0) is 9.59 Å². The van der Waals surface area contributed by atoms with Gasteiger partial charge in [-0.1, -0.05) is 39.0 Å². The maximum absolute atomic E-state index is 14.4. The zero-order valence-electron chi connectivity index (χ0n) is 26.0. The third kappa shape index (κ3) is 6.47. The summed E-state index contributed by atoms with van der Waals surface area (Å²) >= 11 is 0. The molecule has 3 N–H and O–H groups in total. The van der Waals surface area contributed by atoms with Crippen LogP contribution in [0.25, 0.3) is 5.57 Å². The largest absolute Gasteiger partial charge is 0.481 e. The first-order valence-corrected chi connectivity index (χ1v) is 15.5. The Kier molecular flexibility index (Phi) is 8.77. The second-order valence-electron chi connectivity index (χ2n) is 13.3. The molecule has 2 heterocycles. The van der Waals surface area contributed by atoms with Gasteiger partial charge in [-0.15, -0.1) is 0 Å². The Morgan fingerprint density at radius 3 is 2.43 bits per heavy atom. The van der Waals surface area contributed by atoms with E-state index in [0.29, 0.717) is 23.6 Å². The highest BCUT2D eigenvalue weighted by Gasteiger charge is 2.52. The van der Waals surface area contributed by atoms with Gasteiger partial charge in [-0.25, -0.2) is 0 Å². The molecule has 3 aliphatic rings. The fraction of sp³-hybridized carbons (Fsp3) is 0.457. The van der Waals surface area contributed by atoms with Crippen molar-refractivity contribution in [3.8, 4) is 0 Å². The average molecular weight is 599 g/mol. The molecule has 1 spiro atoms. The fourth-order valence-electron chi connectivity index (χ4n) is 6.78. The van der Waals surface area contributed by atoms with E-state index in [1.807, 2.05) is 30.0 Å². The van der Waals surface area contributed by atoms with Gasteiger partial charge in [0, 0.05) is 24.4 Å². The molecule has 232 valence electrons. The number of carbonyl (C=O) groups is 3. The van der Waals surface area contributed by atoms with E-state index in [0.717, 1.165) is 54.4 Å². The van der Waals surface area contributed by atoms with Crippen molar-refractivity contribution in [2.75, 3.05) is 6.54 Å². The molecule has 0 bridgehead atoms. The van der Waals surface area contributed by atoms with E-state index in [2.05, 4.69) is 37.1 Å². The van der Waals surface area contributed by atoms with E-state index in [9.17, 15) is 19.2 Å². The van der Waals surface area contributed by atoms with Crippen LogP contribution in [0.5, 0.6) is 0 Å². The molecule has 1 aromatic heterocycles. The summed E-state index contributed by atoms with van der Waals surface area (Å²) in [6.07, 6.45) is 10.7. The summed E-state index contributed by atoms with van der Waals surface area (Å²) in [4.78, 5) is 59.3. The van der Waals surface area contributed by atoms with Crippen LogP contribution in [0.4, 0.5) is 0 Å². The molecule has 0 unspecified atom stereocenters. The third-order valence-electron chi connectivity index (χ3n) is 9.40. The zero-order chi connectivity index (χ0) is 31.6. The van der Waals surface area contributed by atoms with Gasteiger partial charge in [0.05, 0.1) is 12.5 Å². The van der Waals surface area contributed by atoms with Crippen LogP contribution in [0.15, 0.2) is 70.1 Å². The predicted molar refractivity (Wildman–Crippen MR) is 170 cm³/mol. The summed E-state index contributed by atoms with van der Waals surface area (Å²) in [5.74, 6) is -0.830. The van der Waals surface area contributed by atoms with Gasteiger partial charge in [-0.05, 0) is 103 Å². The summed E-state index contributed by atoms with van der Waals surface area (Å²) in [7, 11) is 0. The summed E-state index contributed by atoms with van der Waals surface area (Å²) in [5, 5.41) is 11.5. The number of nitrogens with zero attached hydrogens (tertiary/aromatic N) is 2. The molecule has 44 heavy (non-hydrogen) atoms. The van der Waals surface area contributed by atoms with E-state index in [1.54, 1.807) is 24.4 Å². The van der Waals surface area contributed by atoms with E-state index in [-0.39, 0.29) is 41.8 Å². The van der Waals surface area contributed by atoms with Crippen molar-refractivity contribution < 1.29 is 19.5 Å². The van der Waals surface area contributed by atoms with Crippen molar-refractivity contribution in [2.45, 2.75) is 84.3 Å². The number of carboxylic acid groups (broad SMARTS) is 1. The molecule has 9 heteroatoms. The maximum atomic E-state index is 14.4. The molecule has 0 saturated heterocycles. The normalized spacial score (nSPS) is 22.7. The first-order chi connectivity index (χ1) is 20.9. The Morgan fingerprint density at radius 2 is 1.82 bits per heavy atom. The van der Waals surface area contributed by atoms with Crippen molar-refractivity contribution in [1.29, 1.82) is 0 Å². The van der Waals surface area contributed by atoms with Crippen molar-refractivity contribution >= 4 is 29.1 Å². The van der Waals surface area contributed by atoms with Crippen molar-refractivity contribution in [1.82, 2.24) is 15.2 Å². The molecular formula is C35H42N4O5. The van der Waals surface area contributed by atoms with E-state index < -0.39 is 11.6 Å². The van der Waals surface area contributed by atoms with E-state index in [4.69, 9.17) is 10.1 Å². The number of nitrogens with one attached hydrogen (secondary N) is 2. The summed E-state index contributed by atoms with van der Waals surface area (Å²) < 4.78 is 0. The van der Waals surface area contributed by atoms with E-state index in [1.165, 1.54) is 6.07 Å². The smallest absolute Gasteiger partial charge is 0.305 e. The Balaban J connectivity index is 1.43. The number of pyridine rings is 1. The van der Waals surface area contributed by atoms with Gasteiger partial charge in [0.2, 0.25) is 5.56 Å². The van der Waals surface area contributed by atoms with Crippen LogP contribution in [0.3, 0.4) is 0 Å². The topological polar surface area (TPSA) is 132 Å². The molecule has 2 amide bonds. The first-order valence-electron chi connectivity index (χ1n) is 15.5. The third-order valence-corrected chi connectivity index (χ3v) is 9.40. The van der Waals surface area contributed by atoms with Crippen LogP contribution in [0.2, 0.25) is 0 Å². The number of aliphatic carboxylic acids is 1. The second-order valence-corrected chi connectivity index (χ2v) is 13.3. The molecule has 0 radical (unpaired) electrons. The lowest BCUT2D eigenvalue weighted by Crippen LogP contribution is -2.51. The van der Waals surface area contributed by atoms with Crippen LogP contribution < -0.4 is 10.9 Å². The van der Waals surface area contributed by atoms with E-state index >= 15 is 0 Å². The number of allylic oxidation sites excluding steroid dienone is 3. The molecule has 1 aromatic carbocycles. The molecule has 1 fully saturated rings. The van der Waals surface area contributed by atoms with Gasteiger partial charge in [0.15, 0.2) is 0 Å². The fourth-order valence-corrected chi connectivity index (χ4v) is 6.78. The minimum absolute atomic E-state index is 0.0573. The highest BCUT2D eigenvalue weighted by molar-refractivity contribution is 6.47. The van der Waals surface area contributed by atoms with Crippen molar-refractivity contribution in [3.05, 3.63) is 87.4 Å². The lowest BCUT2D eigenvalue weighted by atomic mass is 9.69. The number of hydrogen-bond acceptors (Lipinski definition) is 5. The summed E-state index contributed by atoms with van der Waals surface area (Å²) in [6, 6.07) is 10.2. The highest BCUT2D eigenvalue weighted by Crippen LogP contribution is 2.49. The molecule has 2 aromatic rings. The van der Waals surface area contributed by atoms with Crippen LogP contribution in [0.1, 0.15) is 100 Å². The maximum Gasteiger partial charge on any atom is 0.305 e. The highest BCUT2D eigenvalue weighted by atomic mass is 16.4. The number of benzene rings is 1. The number of aromatic amines is 1. The standard InChI is InChI=1S/C35H42N4O5/c1-22(23-8-10-24(11-9-23)32(43)36-19-16-30(41)42)39-33(44)31(38-35(39)17-14-28(15-18-35)34(2,3)4)26-7-5-6-25(20-26)27-12-13-29(40)37-21-27/h6,8-13,20-22,28H,5,7,14-19H2,1-4H3,(H,36,43)(H,37,40)(H,41,42)/t22-,28?,35?/m1/s1. The number of carboxylic acids is 1. The minimum atomic E-state index is -0.968. The van der Waals surface area contributed by atoms with Gasteiger partial charge in [-0.2, -0.15) is 0 Å². The monoisotopic (exact) mass is 598 g/mol. The molecule has 1 aliphatic heterocycles. The second kappa shape index (κ2) is 12.4. The SMILES string of the molecule is C[C@H](c1ccc(C(=O)NCCC(=O)O)cc1)N1C(=O)C(C2=CC(c3ccc(=O)[nH]c3)=CCC2)=NC12CCC(C(C)(C)C)CC2. The number of rotatable bonds is 8. The number of aromatic nitrogens is 1. The zero-order valence-corrected chi connectivity index (χ0v) is 26.0. The van der Waals surface area contributed by atoms with Crippen LogP contribution in [-0.4, -0.2) is 50.7 Å². The summed E-state index contributed by atoms with van der Waals surface area (Å²) in [6.45, 7) is 8.92. The first kappa shape index (κ1) is 31.2. The van der Waals surface area contributed by atoms with Gasteiger partial charge in [-0.3, -0.25) is 24.2 Å². The van der Waals surface area contributed by atoms with Crippen LogP contribution >= 0.6 is 0 Å². The average Bonchev–Trinajstić information content (AvgIpc) is 3.27. The molecule has 1 saturated carbocycles. The van der Waals surface area contributed by atoms with Gasteiger partial charge < -0.3 is 20.3 Å². The van der Waals surface area contributed by atoms with Crippen molar-refractivity contribution in [3.63, 3.8) is 0 Å². The van der Waals surface area contributed by atoms with Gasteiger partial charge >= 0.3 is 5.97 Å². The Morgan fingerprint density at radius 1 is 1.11 bits per heavy atom.